The first-order valence-electron chi connectivity index (χ1n) is 7.40. The van der Waals surface area contributed by atoms with Crippen molar-refractivity contribution < 1.29 is 9.84 Å². The van der Waals surface area contributed by atoms with E-state index >= 15 is 0 Å². The maximum absolute atomic E-state index is 9.94. The molecule has 0 bridgehead atoms. The summed E-state index contributed by atoms with van der Waals surface area (Å²) in [6.45, 7) is 4.39. The quantitative estimate of drug-likeness (QED) is 0.829. The van der Waals surface area contributed by atoms with Gasteiger partial charge in [-0.2, -0.15) is 0 Å². The molecule has 3 nitrogen and oxygen atoms in total. The van der Waals surface area contributed by atoms with Crippen LogP contribution in [0.4, 0.5) is 0 Å². The fourth-order valence-corrected chi connectivity index (χ4v) is 2.76. The van der Waals surface area contributed by atoms with Crippen LogP contribution in [0.5, 0.6) is 5.75 Å². The molecule has 1 saturated carbocycles. The lowest BCUT2D eigenvalue weighted by atomic mass is 9.86. The van der Waals surface area contributed by atoms with Crippen LogP contribution in [-0.4, -0.2) is 24.4 Å². The van der Waals surface area contributed by atoms with Crippen LogP contribution in [0.15, 0.2) is 24.3 Å². The van der Waals surface area contributed by atoms with E-state index in [9.17, 15) is 5.11 Å². The molecule has 0 radical (unpaired) electrons. The van der Waals surface area contributed by atoms with Gasteiger partial charge in [0.15, 0.2) is 0 Å². The van der Waals surface area contributed by atoms with E-state index < -0.39 is 0 Å². The maximum Gasteiger partial charge on any atom is 0.123 e. The van der Waals surface area contributed by atoms with Gasteiger partial charge < -0.3 is 15.2 Å². The number of hydrogen-bond acceptors (Lipinski definition) is 3. The molecule has 2 N–H and O–H groups in total. The molecule has 1 aliphatic rings. The van der Waals surface area contributed by atoms with E-state index in [-0.39, 0.29) is 6.10 Å². The summed E-state index contributed by atoms with van der Waals surface area (Å²) in [5.74, 6) is 1.37. The predicted molar refractivity (Wildman–Crippen MR) is 77.3 cm³/mol. The van der Waals surface area contributed by atoms with Crippen molar-refractivity contribution in [3.05, 3.63) is 29.8 Å². The smallest absolute Gasteiger partial charge is 0.123 e. The average molecular weight is 263 g/mol. The number of aliphatic hydroxyl groups excluding tert-OH is 1. The van der Waals surface area contributed by atoms with Gasteiger partial charge in [0.25, 0.3) is 0 Å². The Bertz CT molecular complexity index is 381. The minimum atomic E-state index is -0.122. The summed E-state index contributed by atoms with van der Waals surface area (Å²) in [7, 11) is 0. The molecular formula is C16H25NO2. The van der Waals surface area contributed by atoms with Crippen LogP contribution >= 0.6 is 0 Å². The van der Waals surface area contributed by atoms with Crippen molar-refractivity contribution in [2.24, 2.45) is 5.92 Å². The fraction of sp³-hybridized carbons (Fsp3) is 0.625. The summed E-state index contributed by atoms with van der Waals surface area (Å²) >= 11 is 0. The molecule has 2 unspecified atom stereocenters. The molecule has 2 rings (SSSR count). The van der Waals surface area contributed by atoms with Crippen molar-refractivity contribution in [1.29, 1.82) is 0 Å². The normalized spacial score (nSPS) is 23.3. The van der Waals surface area contributed by atoms with Gasteiger partial charge in [-0.25, -0.2) is 0 Å². The zero-order chi connectivity index (χ0) is 13.5. The van der Waals surface area contributed by atoms with E-state index in [2.05, 4.69) is 11.4 Å². The minimum absolute atomic E-state index is 0.122. The molecule has 0 heterocycles. The maximum atomic E-state index is 9.94. The second-order valence-corrected chi connectivity index (χ2v) is 5.28. The summed E-state index contributed by atoms with van der Waals surface area (Å²) in [6.07, 6.45) is 4.40. The standard InChI is InChI=1S/C16H25NO2/c1-2-19-16-10-6-4-8-14(16)12-17-11-13-7-3-5-9-15(13)18/h4,6,8,10,13,15,17-18H,2-3,5,7,9,11-12H2,1H3. The largest absolute Gasteiger partial charge is 0.494 e. The third-order valence-electron chi connectivity index (χ3n) is 3.86. The molecule has 2 atom stereocenters. The molecule has 19 heavy (non-hydrogen) atoms. The van der Waals surface area contributed by atoms with Crippen LogP contribution in [0.25, 0.3) is 0 Å². The zero-order valence-electron chi connectivity index (χ0n) is 11.8. The van der Waals surface area contributed by atoms with E-state index in [0.29, 0.717) is 12.5 Å². The van der Waals surface area contributed by atoms with Gasteiger partial charge in [-0.1, -0.05) is 31.0 Å². The van der Waals surface area contributed by atoms with Crippen molar-refractivity contribution in [2.45, 2.75) is 45.3 Å². The molecule has 0 spiro atoms. The molecule has 1 aromatic rings. The van der Waals surface area contributed by atoms with E-state index in [4.69, 9.17) is 4.74 Å². The lowest BCUT2D eigenvalue weighted by Gasteiger charge is -2.27. The molecule has 1 aromatic carbocycles. The van der Waals surface area contributed by atoms with E-state index in [1.54, 1.807) is 0 Å². The van der Waals surface area contributed by atoms with Crippen molar-refractivity contribution in [2.75, 3.05) is 13.2 Å². The molecule has 1 aliphatic carbocycles. The SMILES string of the molecule is CCOc1ccccc1CNCC1CCCCC1O. The Kier molecular flexibility index (Phi) is 5.67. The Balaban J connectivity index is 1.81. The second kappa shape index (κ2) is 7.51. The summed E-state index contributed by atoms with van der Waals surface area (Å²) in [5.41, 5.74) is 1.19. The molecule has 0 aromatic heterocycles. The van der Waals surface area contributed by atoms with Gasteiger partial charge in [0.2, 0.25) is 0 Å². The van der Waals surface area contributed by atoms with Crippen LogP contribution in [0.3, 0.4) is 0 Å². The van der Waals surface area contributed by atoms with Crippen molar-refractivity contribution in [1.82, 2.24) is 5.32 Å². The number of benzene rings is 1. The Hall–Kier alpha value is -1.06. The molecule has 0 saturated heterocycles. The number of nitrogens with one attached hydrogen (secondary N) is 1. The lowest BCUT2D eigenvalue weighted by molar-refractivity contribution is 0.0695. The van der Waals surface area contributed by atoms with Gasteiger partial charge in [-0.05, 0) is 31.7 Å². The summed E-state index contributed by atoms with van der Waals surface area (Å²) in [6, 6.07) is 8.14. The van der Waals surface area contributed by atoms with Crippen molar-refractivity contribution in [3.8, 4) is 5.75 Å². The average Bonchev–Trinajstić information content (AvgIpc) is 2.43. The van der Waals surface area contributed by atoms with Crippen LogP contribution < -0.4 is 10.1 Å². The number of ether oxygens (including phenoxy) is 1. The van der Waals surface area contributed by atoms with Crippen molar-refractivity contribution >= 4 is 0 Å². The highest BCUT2D eigenvalue weighted by atomic mass is 16.5. The monoisotopic (exact) mass is 263 g/mol. The second-order valence-electron chi connectivity index (χ2n) is 5.28. The summed E-state index contributed by atoms with van der Waals surface area (Å²) in [4.78, 5) is 0. The zero-order valence-corrected chi connectivity index (χ0v) is 11.8. The Labute approximate surface area is 116 Å². The van der Waals surface area contributed by atoms with E-state index in [1.807, 2.05) is 25.1 Å². The summed E-state index contributed by atoms with van der Waals surface area (Å²) < 4.78 is 5.61. The summed E-state index contributed by atoms with van der Waals surface area (Å²) in [5, 5.41) is 13.4. The molecule has 106 valence electrons. The molecule has 1 fully saturated rings. The van der Waals surface area contributed by atoms with Gasteiger partial charge in [-0.3, -0.25) is 0 Å². The molecular weight excluding hydrogens is 238 g/mol. The van der Waals surface area contributed by atoms with E-state index in [0.717, 1.165) is 31.7 Å². The van der Waals surface area contributed by atoms with Crippen LogP contribution in [0, 0.1) is 5.92 Å². The van der Waals surface area contributed by atoms with Crippen LogP contribution in [0.2, 0.25) is 0 Å². The minimum Gasteiger partial charge on any atom is -0.494 e. The molecule has 0 aliphatic heterocycles. The molecule has 0 amide bonds. The van der Waals surface area contributed by atoms with Gasteiger partial charge in [0, 0.05) is 18.7 Å². The predicted octanol–water partition coefficient (Wildman–Crippen LogP) is 2.73. The third kappa shape index (κ3) is 4.22. The van der Waals surface area contributed by atoms with Gasteiger partial charge in [-0.15, -0.1) is 0 Å². The Morgan fingerprint density at radius 3 is 2.84 bits per heavy atom. The highest BCUT2D eigenvalue weighted by molar-refractivity contribution is 5.33. The number of hydrogen-bond donors (Lipinski definition) is 2. The highest BCUT2D eigenvalue weighted by Gasteiger charge is 2.22. The van der Waals surface area contributed by atoms with E-state index in [1.165, 1.54) is 18.4 Å². The first-order chi connectivity index (χ1) is 9.31. The Morgan fingerprint density at radius 1 is 1.26 bits per heavy atom. The fourth-order valence-electron chi connectivity index (χ4n) is 2.76. The number of rotatable bonds is 6. The first-order valence-corrected chi connectivity index (χ1v) is 7.40. The topological polar surface area (TPSA) is 41.5 Å². The lowest BCUT2D eigenvalue weighted by Crippen LogP contribution is -2.33. The van der Waals surface area contributed by atoms with Gasteiger partial charge in [0.1, 0.15) is 5.75 Å². The van der Waals surface area contributed by atoms with Crippen molar-refractivity contribution in [3.63, 3.8) is 0 Å². The number of para-hydroxylation sites is 1. The van der Waals surface area contributed by atoms with Crippen LogP contribution in [-0.2, 0) is 6.54 Å². The number of aliphatic hydroxyl groups is 1. The van der Waals surface area contributed by atoms with Crippen LogP contribution in [0.1, 0.15) is 38.2 Å². The molecule has 3 heteroatoms. The first kappa shape index (κ1) is 14.4. The third-order valence-corrected chi connectivity index (χ3v) is 3.86. The highest BCUT2D eigenvalue weighted by Crippen LogP contribution is 2.24. The van der Waals surface area contributed by atoms with Gasteiger partial charge in [0.05, 0.1) is 12.7 Å². The Morgan fingerprint density at radius 2 is 2.05 bits per heavy atom. The van der Waals surface area contributed by atoms with Gasteiger partial charge >= 0.3 is 0 Å².